The number of hydrogen-bond donors (Lipinski definition) is 1. The maximum atomic E-state index is 11.9. The summed E-state index contributed by atoms with van der Waals surface area (Å²) in [6.07, 6.45) is 0. The first-order valence-electron chi connectivity index (χ1n) is 8.40. The van der Waals surface area contributed by atoms with E-state index in [1.54, 1.807) is 6.07 Å². The molecule has 0 saturated carbocycles. The third kappa shape index (κ3) is 2.58. The second kappa shape index (κ2) is 5.88. The van der Waals surface area contributed by atoms with Crippen LogP contribution in [0.4, 0.5) is 0 Å². The minimum absolute atomic E-state index is 0.290. The van der Waals surface area contributed by atoms with E-state index in [-0.39, 0.29) is 5.56 Å². The van der Waals surface area contributed by atoms with Crippen molar-refractivity contribution < 1.29 is 14.6 Å². The number of aryl methyl sites for hydroxylation is 2. The van der Waals surface area contributed by atoms with E-state index in [0.29, 0.717) is 11.3 Å². The quantitative estimate of drug-likeness (QED) is 0.603. The predicted molar refractivity (Wildman–Crippen MR) is 102 cm³/mol. The van der Waals surface area contributed by atoms with E-state index in [1.165, 1.54) is 0 Å². The molecule has 0 atom stereocenters. The van der Waals surface area contributed by atoms with Gasteiger partial charge < -0.3 is 9.84 Å². The smallest absolute Gasteiger partial charge is 0.336 e. The molecule has 0 aliphatic carbocycles. The van der Waals surface area contributed by atoms with Crippen LogP contribution in [0.3, 0.4) is 0 Å². The number of aromatic carboxylic acids is 1. The number of rotatable bonds is 2. The highest BCUT2D eigenvalue weighted by Crippen LogP contribution is 2.37. The summed E-state index contributed by atoms with van der Waals surface area (Å²) < 4.78 is 6.11. The van der Waals surface area contributed by atoms with Crippen molar-refractivity contribution in [2.75, 3.05) is 0 Å². The molecule has 0 amide bonds. The van der Waals surface area contributed by atoms with E-state index in [4.69, 9.17) is 4.74 Å². The Hall–Kier alpha value is -3.33. The number of ether oxygens (including phenoxy) is 1. The first kappa shape index (κ1) is 16.2. The van der Waals surface area contributed by atoms with Gasteiger partial charge in [0.2, 0.25) is 0 Å². The average molecular weight is 342 g/mol. The van der Waals surface area contributed by atoms with Gasteiger partial charge in [0, 0.05) is 16.4 Å². The molecule has 0 unspecified atom stereocenters. The highest BCUT2D eigenvalue weighted by molar-refractivity contribution is 5.98. The van der Waals surface area contributed by atoms with Gasteiger partial charge in [-0.05, 0) is 48.4 Å². The molecular weight excluding hydrogens is 324 g/mol. The van der Waals surface area contributed by atoms with E-state index < -0.39 is 5.97 Å². The van der Waals surface area contributed by atoms with E-state index in [1.807, 2.05) is 62.4 Å². The van der Waals surface area contributed by atoms with Crippen molar-refractivity contribution in [2.45, 2.75) is 13.8 Å². The minimum Gasteiger partial charge on any atom is -0.478 e. The number of hydrogen-bond acceptors (Lipinski definition) is 2. The Balaban J connectivity index is 2.16. The van der Waals surface area contributed by atoms with Gasteiger partial charge in [-0.15, -0.1) is 0 Å². The number of carboxylic acids is 1. The fraction of sp³-hybridized carbons (Fsp3) is 0.0870. The highest BCUT2D eigenvalue weighted by atomic mass is 16.5. The van der Waals surface area contributed by atoms with Gasteiger partial charge in [-0.3, -0.25) is 0 Å². The monoisotopic (exact) mass is 342 g/mol. The van der Waals surface area contributed by atoms with Gasteiger partial charge in [0.15, 0.2) is 0 Å². The second-order valence-corrected chi connectivity index (χ2v) is 6.66. The average Bonchev–Trinajstić information content (AvgIpc) is 2.59. The van der Waals surface area contributed by atoms with Gasteiger partial charge >= 0.3 is 5.97 Å². The zero-order chi connectivity index (χ0) is 18.4. The summed E-state index contributed by atoms with van der Waals surface area (Å²) >= 11 is 0. The first-order valence-corrected chi connectivity index (χ1v) is 8.40. The van der Waals surface area contributed by atoms with E-state index >= 15 is 0 Å². The summed E-state index contributed by atoms with van der Waals surface area (Å²) in [6, 6.07) is 17.3. The Morgan fingerprint density at radius 2 is 1.58 bits per heavy atom. The third-order valence-corrected chi connectivity index (χ3v) is 4.62. The maximum absolute atomic E-state index is 11.9. The number of benzene rings is 3. The van der Waals surface area contributed by atoms with Gasteiger partial charge in [0.1, 0.15) is 11.5 Å². The van der Waals surface area contributed by atoms with Crippen LogP contribution in [0, 0.1) is 13.8 Å². The molecule has 128 valence electrons. The van der Waals surface area contributed by atoms with Crippen LogP contribution < -0.4 is 15.2 Å². The molecule has 0 fully saturated rings. The van der Waals surface area contributed by atoms with Crippen LogP contribution in [-0.4, -0.2) is 11.1 Å². The SMILES string of the molecule is C=c1ccc2c(c1)Oc1cc(C)ccc1C=2c1ccc(C)cc1C(=O)O. The first-order chi connectivity index (χ1) is 12.4. The van der Waals surface area contributed by atoms with Crippen molar-refractivity contribution >= 4 is 18.1 Å². The topological polar surface area (TPSA) is 46.5 Å². The van der Waals surface area contributed by atoms with Crippen molar-refractivity contribution in [1.82, 2.24) is 0 Å². The van der Waals surface area contributed by atoms with Crippen molar-refractivity contribution in [3.8, 4) is 11.5 Å². The third-order valence-electron chi connectivity index (χ3n) is 4.62. The van der Waals surface area contributed by atoms with Crippen LogP contribution in [0.15, 0.2) is 54.6 Å². The number of carboxylic acid groups (broad SMARTS) is 1. The van der Waals surface area contributed by atoms with Crippen LogP contribution in [0.5, 0.6) is 11.5 Å². The Morgan fingerprint density at radius 3 is 2.31 bits per heavy atom. The van der Waals surface area contributed by atoms with E-state index in [9.17, 15) is 9.90 Å². The molecule has 1 aliphatic rings. The number of fused-ring (bicyclic) bond motifs is 2. The maximum Gasteiger partial charge on any atom is 0.336 e. The molecule has 0 spiro atoms. The second-order valence-electron chi connectivity index (χ2n) is 6.66. The summed E-state index contributed by atoms with van der Waals surface area (Å²) in [5, 5.41) is 11.5. The van der Waals surface area contributed by atoms with Crippen molar-refractivity contribution in [3.63, 3.8) is 0 Å². The van der Waals surface area contributed by atoms with Crippen molar-refractivity contribution in [2.24, 2.45) is 0 Å². The summed E-state index contributed by atoms with van der Waals surface area (Å²) in [5.74, 6) is 0.490. The summed E-state index contributed by atoms with van der Waals surface area (Å²) in [5.41, 5.74) is 4.74. The molecule has 0 radical (unpaired) electrons. The van der Waals surface area contributed by atoms with Crippen molar-refractivity contribution in [1.29, 1.82) is 0 Å². The normalized spacial score (nSPS) is 12.2. The molecule has 1 N–H and O–H groups in total. The molecule has 1 aliphatic heterocycles. The molecule has 3 heteroatoms. The molecule has 26 heavy (non-hydrogen) atoms. The molecule has 3 aromatic carbocycles. The van der Waals surface area contributed by atoms with Crippen LogP contribution >= 0.6 is 0 Å². The predicted octanol–water partition coefficient (Wildman–Crippen LogP) is 3.76. The molecule has 4 rings (SSSR count). The minimum atomic E-state index is -0.938. The largest absolute Gasteiger partial charge is 0.478 e. The molecule has 0 bridgehead atoms. The summed E-state index contributed by atoms with van der Waals surface area (Å²) in [6.45, 7) is 7.87. The fourth-order valence-electron chi connectivity index (χ4n) is 3.39. The lowest BCUT2D eigenvalue weighted by Crippen LogP contribution is -2.20. The Kier molecular flexibility index (Phi) is 3.66. The van der Waals surface area contributed by atoms with E-state index in [0.717, 1.165) is 38.5 Å². The van der Waals surface area contributed by atoms with Gasteiger partial charge in [0.05, 0.1) is 5.56 Å². The zero-order valence-corrected chi connectivity index (χ0v) is 14.7. The van der Waals surface area contributed by atoms with Crippen LogP contribution in [0.2, 0.25) is 0 Å². The summed E-state index contributed by atoms with van der Waals surface area (Å²) in [4.78, 5) is 11.9. The molecule has 0 saturated heterocycles. The molecule has 3 aromatic rings. The Bertz CT molecular complexity index is 1170. The molecule has 0 aromatic heterocycles. The molecular formula is C23H18O3. The standard InChI is InChI=1S/C23H18O3/c1-13-4-7-16(19(10-13)23(24)25)22-17-8-5-14(2)11-20(17)26-21-12-15(3)6-9-18(21)22/h4-12H,2H2,1,3H3,(H,24,25). The van der Waals surface area contributed by atoms with Gasteiger partial charge in [-0.25, -0.2) is 4.79 Å². The van der Waals surface area contributed by atoms with Gasteiger partial charge in [-0.2, -0.15) is 0 Å². The van der Waals surface area contributed by atoms with Gasteiger partial charge in [-0.1, -0.05) is 48.5 Å². The Labute approximate surface area is 151 Å². The molecule has 3 nitrogen and oxygen atoms in total. The zero-order valence-electron chi connectivity index (χ0n) is 14.7. The fourth-order valence-corrected chi connectivity index (χ4v) is 3.39. The van der Waals surface area contributed by atoms with Crippen LogP contribution in [0.1, 0.15) is 32.6 Å². The van der Waals surface area contributed by atoms with Crippen LogP contribution in [-0.2, 0) is 0 Å². The lowest BCUT2D eigenvalue weighted by Gasteiger charge is -2.22. The van der Waals surface area contributed by atoms with Crippen LogP contribution in [0.25, 0.3) is 12.2 Å². The van der Waals surface area contributed by atoms with Crippen molar-refractivity contribution in [3.05, 3.63) is 92.9 Å². The summed E-state index contributed by atoms with van der Waals surface area (Å²) in [7, 11) is 0. The number of carbonyl (C=O) groups is 1. The lowest BCUT2D eigenvalue weighted by atomic mass is 9.88. The van der Waals surface area contributed by atoms with Gasteiger partial charge in [0.25, 0.3) is 0 Å². The molecule has 1 heterocycles. The highest BCUT2D eigenvalue weighted by Gasteiger charge is 2.23. The Morgan fingerprint density at radius 1 is 0.885 bits per heavy atom. The lowest BCUT2D eigenvalue weighted by molar-refractivity contribution is 0.0696. The van der Waals surface area contributed by atoms with E-state index in [2.05, 4.69) is 6.58 Å².